The molecular formula is C19H18N6O5S2. The second kappa shape index (κ2) is 8.96. The fourth-order valence-corrected chi connectivity index (χ4v) is 4.07. The first-order valence-electron chi connectivity index (χ1n) is 9.15. The number of thioether (sulfide) groups is 1. The van der Waals surface area contributed by atoms with E-state index < -0.39 is 9.84 Å². The van der Waals surface area contributed by atoms with Gasteiger partial charge in [-0.05, 0) is 46.8 Å². The first kappa shape index (κ1) is 21.8. The largest absolute Gasteiger partial charge is 0.497 e. The van der Waals surface area contributed by atoms with Gasteiger partial charge in [-0.15, -0.1) is 15.3 Å². The van der Waals surface area contributed by atoms with E-state index in [1.165, 1.54) is 28.6 Å². The fraction of sp³-hybridized carbons (Fsp3) is 0.211. The summed E-state index contributed by atoms with van der Waals surface area (Å²) in [6.07, 6.45) is 1.15. The van der Waals surface area contributed by atoms with E-state index in [1.54, 1.807) is 44.6 Å². The molecule has 13 heteroatoms. The van der Waals surface area contributed by atoms with Gasteiger partial charge in [0.1, 0.15) is 11.5 Å². The molecule has 0 unspecified atom stereocenters. The lowest BCUT2D eigenvalue weighted by Gasteiger charge is -2.05. The molecule has 0 spiro atoms. The van der Waals surface area contributed by atoms with Crippen LogP contribution in [0.3, 0.4) is 0 Å². The van der Waals surface area contributed by atoms with E-state index in [-0.39, 0.29) is 4.90 Å². The van der Waals surface area contributed by atoms with Crippen LogP contribution >= 0.6 is 11.8 Å². The second-order valence-electron chi connectivity index (χ2n) is 6.54. The lowest BCUT2D eigenvalue weighted by molar-refractivity contribution is 0.394. The summed E-state index contributed by atoms with van der Waals surface area (Å²) in [6.45, 7) is 0. The molecule has 4 rings (SSSR count). The predicted octanol–water partition coefficient (Wildman–Crippen LogP) is 2.43. The summed E-state index contributed by atoms with van der Waals surface area (Å²) in [5.74, 6) is 2.41. The number of rotatable bonds is 8. The third-order valence-electron chi connectivity index (χ3n) is 4.37. The van der Waals surface area contributed by atoms with Crippen molar-refractivity contribution < 1.29 is 22.3 Å². The Morgan fingerprint density at radius 2 is 1.69 bits per heavy atom. The van der Waals surface area contributed by atoms with E-state index in [4.69, 9.17) is 13.9 Å². The molecule has 2 aromatic carbocycles. The summed E-state index contributed by atoms with van der Waals surface area (Å²) in [4.78, 5) is 0.220. The van der Waals surface area contributed by atoms with Gasteiger partial charge in [-0.3, -0.25) is 0 Å². The number of hydrogen-bond donors (Lipinski definition) is 0. The Labute approximate surface area is 187 Å². The molecule has 0 bridgehead atoms. The predicted molar refractivity (Wildman–Crippen MR) is 115 cm³/mol. The highest BCUT2D eigenvalue weighted by atomic mass is 32.2. The molecule has 0 radical (unpaired) electrons. The van der Waals surface area contributed by atoms with Crippen molar-refractivity contribution in [3.8, 4) is 28.6 Å². The minimum absolute atomic E-state index is 0.220. The van der Waals surface area contributed by atoms with Crippen LogP contribution in [0.4, 0.5) is 0 Å². The average molecular weight is 475 g/mol. The number of tetrazole rings is 1. The van der Waals surface area contributed by atoms with Crippen molar-refractivity contribution in [3.63, 3.8) is 0 Å². The number of methoxy groups -OCH3 is 2. The second-order valence-corrected chi connectivity index (χ2v) is 9.48. The van der Waals surface area contributed by atoms with Gasteiger partial charge >= 0.3 is 0 Å². The maximum atomic E-state index is 11.6. The molecule has 166 valence electrons. The SMILES string of the molecule is COc1cc(OC)cc(-c2nnc(SCc3nnnn3-c3ccc(S(C)(=O)=O)cc3)o2)c1. The molecule has 4 aromatic rings. The van der Waals surface area contributed by atoms with Crippen molar-refractivity contribution in [1.82, 2.24) is 30.4 Å². The summed E-state index contributed by atoms with van der Waals surface area (Å²) in [6, 6.07) is 11.6. The van der Waals surface area contributed by atoms with Crippen molar-refractivity contribution in [2.24, 2.45) is 0 Å². The van der Waals surface area contributed by atoms with Crippen LogP contribution in [-0.2, 0) is 15.6 Å². The first-order valence-corrected chi connectivity index (χ1v) is 12.0. The Balaban J connectivity index is 1.50. The van der Waals surface area contributed by atoms with Crippen molar-refractivity contribution >= 4 is 21.6 Å². The zero-order valence-electron chi connectivity index (χ0n) is 17.3. The van der Waals surface area contributed by atoms with Crippen molar-refractivity contribution in [2.75, 3.05) is 20.5 Å². The number of hydrogen-bond acceptors (Lipinski definition) is 11. The fourth-order valence-electron chi connectivity index (χ4n) is 2.77. The first-order chi connectivity index (χ1) is 15.4. The highest BCUT2D eigenvalue weighted by Crippen LogP contribution is 2.31. The van der Waals surface area contributed by atoms with E-state index in [0.29, 0.717) is 45.4 Å². The summed E-state index contributed by atoms with van der Waals surface area (Å²) in [5.41, 5.74) is 1.30. The van der Waals surface area contributed by atoms with Gasteiger partial charge in [-0.2, -0.15) is 4.68 Å². The van der Waals surface area contributed by atoms with E-state index in [1.807, 2.05) is 0 Å². The van der Waals surface area contributed by atoms with Crippen LogP contribution in [0.2, 0.25) is 0 Å². The Morgan fingerprint density at radius 1 is 1.00 bits per heavy atom. The maximum Gasteiger partial charge on any atom is 0.277 e. The zero-order chi connectivity index (χ0) is 22.7. The third-order valence-corrected chi connectivity index (χ3v) is 6.32. The Bertz CT molecular complexity index is 1310. The number of benzene rings is 2. The van der Waals surface area contributed by atoms with E-state index in [9.17, 15) is 8.42 Å². The van der Waals surface area contributed by atoms with Gasteiger partial charge in [0.05, 0.1) is 30.6 Å². The van der Waals surface area contributed by atoms with Crippen LogP contribution in [-0.4, -0.2) is 59.3 Å². The molecule has 0 N–H and O–H groups in total. The number of aromatic nitrogens is 6. The normalized spacial score (nSPS) is 11.5. The van der Waals surface area contributed by atoms with E-state index >= 15 is 0 Å². The van der Waals surface area contributed by atoms with Crippen molar-refractivity contribution in [1.29, 1.82) is 0 Å². The Kier molecular flexibility index (Phi) is 6.10. The van der Waals surface area contributed by atoms with E-state index in [2.05, 4.69) is 25.7 Å². The molecular weight excluding hydrogens is 456 g/mol. The van der Waals surface area contributed by atoms with Crippen LogP contribution in [0, 0.1) is 0 Å². The molecule has 0 fully saturated rings. The van der Waals surface area contributed by atoms with Gasteiger partial charge in [0.15, 0.2) is 15.7 Å². The lowest BCUT2D eigenvalue weighted by atomic mass is 10.2. The smallest absolute Gasteiger partial charge is 0.277 e. The minimum atomic E-state index is -3.28. The standard InChI is InChI=1S/C19H18N6O5S2/c1-28-14-8-12(9-15(10-14)29-2)18-21-22-19(30-18)31-11-17-20-23-24-25(17)13-4-6-16(7-5-13)32(3,26)27/h4-10H,11H2,1-3H3. The average Bonchev–Trinajstić information content (AvgIpc) is 3.46. The molecule has 2 aromatic heterocycles. The van der Waals surface area contributed by atoms with Gasteiger partial charge < -0.3 is 13.9 Å². The van der Waals surface area contributed by atoms with Gasteiger partial charge in [-0.25, -0.2) is 8.42 Å². The molecule has 2 heterocycles. The lowest BCUT2D eigenvalue weighted by Crippen LogP contribution is -2.03. The summed E-state index contributed by atoms with van der Waals surface area (Å²) < 4.78 is 41.1. The number of sulfone groups is 1. The van der Waals surface area contributed by atoms with E-state index in [0.717, 1.165) is 6.26 Å². The van der Waals surface area contributed by atoms with Crippen LogP contribution in [0.25, 0.3) is 17.1 Å². The maximum absolute atomic E-state index is 11.6. The quantitative estimate of drug-likeness (QED) is 0.348. The van der Waals surface area contributed by atoms with Crippen LogP contribution in [0.1, 0.15) is 5.82 Å². The highest BCUT2D eigenvalue weighted by Gasteiger charge is 2.15. The van der Waals surface area contributed by atoms with Gasteiger partial charge in [0.25, 0.3) is 5.22 Å². The topological polar surface area (TPSA) is 135 Å². The summed E-state index contributed by atoms with van der Waals surface area (Å²) in [5, 5.41) is 20.2. The molecule has 0 amide bonds. The molecule has 11 nitrogen and oxygen atoms in total. The summed E-state index contributed by atoms with van der Waals surface area (Å²) in [7, 11) is -0.159. The molecule has 32 heavy (non-hydrogen) atoms. The van der Waals surface area contributed by atoms with Crippen molar-refractivity contribution in [2.45, 2.75) is 15.9 Å². The van der Waals surface area contributed by atoms with Gasteiger partial charge in [-0.1, -0.05) is 11.8 Å². The Hall–Kier alpha value is -3.45. The summed E-state index contributed by atoms with van der Waals surface area (Å²) >= 11 is 1.27. The number of nitrogens with zero attached hydrogens (tertiary/aromatic N) is 6. The van der Waals surface area contributed by atoms with Crippen LogP contribution in [0.15, 0.2) is 57.0 Å². The van der Waals surface area contributed by atoms with Crippen molar-refractivity contribution in [3.05, 3.63) is 48.3 Å². The molecule has 0 aliphatic heterocycles. The molecule has 0 atom stereocenters. The van der Waals surface area contributed by atoms with Crippen LogP contribution in [0.5, 0.6) is 11.5 Å². The molecule has 0 saturated carbocycles. The minimum Gasteiger partial charge on any atom is -0.497 e. The zero-order valence-corrected chi connectivity index (χ0v) is 18.9. The third kappa shape index (κ3) is 4.73. The Morgan fingerprint density at radius 3 is 2.31 bits per heavy atom. The highest BCUT2D eigenvalue weighted by molar-refractivity contribution is 7.98. The molecule has 0 aliphatic carbocycles. The van der Waals surface area contributed by atoms with Crippen LogP contribution < -0.4 is 9.47 Å². The molecule has 0 saturated heterocycles. The molecule has 0 aliphatic rings. The van der Waals surface area contributed by atoms with Gasteiger partial charge in [0.2, 0.25) is 5.89 Å². The number of ether oxygens (including phenoxy) is 2. The van der Waals surface area contributed by atoms with Gasteiger partial charge in [0, 0.05) is 17.9 Å². The monoisotopic (exact) mass is 474 g/mol.